The van der Waals surface area contributed by atoms with Gasteiger partial charge >= 0.3 is 0 Å². The third kappa shape index (κ3) is 5.11. The number of hydrogen-bond acceptors (Lipinski definition) is 5. The standard InChI is InChI=1S/C21H21N3O4S/c1-15-5-8-18(9-6-15)29(26,27)24-19-12-17(7-10-20(19)28-2)21(25)23-14-16-4-3-11-22-13-16/h3-13,24H,14H2,1-2H3,(H,23,25). The van der Waals surface area contributed by atoms with Crippen LogP contribution in [0.15, 0.2) is 71.9 Å². The Morgan fingerprint density at radius 2 is 1.86 bits per heavy atom. The lowest BCUT2D eigenvalue weighted by atomic mass is 10.1. The summed E-state index contributed by atoms with van der Waals surface area (Å²) in [6.45, 7) is 2.18. The van der Waals surface area contributed by atoms with E-state index in [0.29, 0.717) is 17.9 Å². The first-order chi connectivity index (χ1) is 13.9. The van der Waals surface area contributed by atoms with Crippen molar-refractivity contribution in [1.29, 1.82) is 0 Å². The number of rotatable bonds is 7. The van der Waals surface area contributed by atoms with E-state index in [9.17, 15) is 13.2 Å². The van der Waals surface area contributed by atoms with Crippen LogP contribution in [0.1, 0.15) is 21.5 Å². The molecular formula is C21H21N3O4S. The van der Waals surface area contributed by atoms with Crippen LogP contribution < -0.4 is 14.8 Å². The number of ether oxygens (including phenoxy) is 1. The van der Waals surface area contributed by atoms with Crippen molar-refractivity contribution in [2.45, 2.75) is 18.4 Å². The van der Waals surface area contributed by atoms with Gasteiger partial charge in [-0.2, -0.15) is 0 Å². The number of methoxy groups -OCH3 is 1. The van der Waals surface area contributed by atoms with Crippen LogP contribution in [0.4, 0.5) is 5.69 Å². The van der Waals surface area contributed by atoms with Crippen LogP contribution in [0.3, 0.4) is 0 Å². The fourth-order valence-corrected chi connectivity index (χ4v) is 3.70. The molecule has 0 fully saturated rings. The number of sulfonamides is 1. The molecule has 0 radical (unpaired) electrons. The van der Waals surface area contributed by atoms with Gasteiger partial charge in [-0.25, -0.2) is 8.42 Å². The molecule has 0 saturated heterocycles. The SMILES string of the molecule is COc1ccc(C(=O)NCc2cccnc2)cc1NS(=O)(=O)c1ccc(C)cc1. The first kappa shape index (κ1) is 20.3. The fourth-order valence-electron chi connectivity index (χ4n) is 2.64. The maximum Gasteiger partial charge on any atom is 0.262 e. The summed E-state index contributed by atoms with van der Waals surface area (Å²) in [7, 11) is -2.40. The van der Waals surface area contributed by atoms with Crippen molar-refractivity contribution < 1.29 is 17.9 Å². The zero-order chi connectivity index (χ0) is 20.9. The molecule has 150 valence electrons. The van der Waals surface area contributed by atoms with Crippen LogP contribution in [0, 0.1) is 6.92 Å². The summed E-state index contributed by atoms with van der Waals surface area (Å²) in [5.41, 5.74) is 2.29. The van der Waals surface area contributed by atoms with Gasteiger partial charge < -0.3 is 10.1 Å². The van der Waals surface area contributed by atoms with E-state index in [4.69, 9.17) is 4.74 Å². The minimum Gasteiger partial charge on any atom is -0.495 e. The van der Waals surface area contributed by atoms with Gasteiger partial charge in [0.15, 0.2) is 0 Å². The summed E-state index contributed by atoms with van der Waals surface area (Å²) in [5.74, 6) is -0.0308. The number of nitrogens with one attached hydrogen (secondary N) is 2. The molecule has 3 rings (SSSR count). The Balaban J connectivity index is 1.81. The van der Waals surface area contributed by atoms with E-state index in [1.165, 1.54) is 25.3 Å². The summed E-state index contributed by atoms with van der Waals surface area (Å²) in [6.07, 6.45) is 3.32. The van der Waals surface area contributed by atoms with Gasteiger partial charge in [0.05, 0.1) is 17.7 Å². The molecule has 1 aromatic heterocycles. The molecule has 3 aromatic rings. The maximum absolute atomic E-state index is 12.7. The van der Waals surface area contributed by atoms with E-state index in [1.807, 2.05) is 13.0 Å². The van der Waals surface area contributed by atoms with Crippen molar-refractivity contribution in [3.63, 3.8) is 0 Å². The lowest BCUT2D eigenvalue weighted by Crippen LogP contribution is -2.23. The molecule has 0 aliphatic rings. The number of amides is 1. The average molecular weight is 411 g/mol. The molecule has 1 heterocycles. The van der Waals surface area contributed by atoms with Crippen LogP contribution in [0.25, 0.3) is 0 Å². The molecule has 0 aliphatic carbocycles. The van der Waals surface area contributed by atoms with Crippen LogP contribution in [0.5, 0.6) is 5.75 Å². The number of carbonyl (C=O) groups excluding carboxylic acids is 1. The molecule has 29 heavy (non-hydrogen) atoms. The third-order valence-electron chi connectivity index (χ3n) is 4.21. The Kier molecular flexibility index (Phi) is 6.13. The number of aryl methyl sites for hydroxylation is 1. The quantitative estimate of drug-likeness (QED) is 0.623. The normalized spacial score (nSPS) is 11.0. The topological polar surface area (TPSA) is 97.4 Å². The Morgan fingerprint density at radius 1 is 1.10 bits per heavy atom. The molecule has 2 N–H and O–H groups in total. The van der Waals surface area contributed by atoms with E-state index in [-0.39, 0.29) is 16.5 Å². The third-order valence-corrected chi connectivity index (χ3v) is 5.59. The highest BCUT2D eigenvalue weighted by atomic mass is 32.2. The van der Waals surface area contributed by atoms with Crippen LogP contribution in [-0.4, -0.2) is 26.4 Å². The number of hydrogen-bond donors (Lipinski definition) is 2. The molecule has 2 aromatic carbocycles. The number of pyridine rings is 1. The largest absolute Gasteiger partial charge is 0.495 e. The molecule has 0 spiro atoms. The minimum absolute atomic E-state index is 0.122. The van der Waals surface area contributed by atoms with Gasteiger partial charge in [0.25, 0.3) is 15.9 Å². The highest BCUT2D eigenvalue weighted by Crippen LogP contribution is 2.28. The van der Waals surface area contributed by atoms with Gasteiger partial charge in [-0.05, 0) is 48.9 Å². The van der Waals surface area contributed by atoms with Crippen molar-refractivity contribution in [3.05, 3.63) is 83.7 Å². The van der Waals surface area contributed by atoms with Crippen molar-refractivity contribution >= 4 is 21.6 Å². The number of nitrogens with zero attached hydrogens (tertiary/aromatic N) is 1. The lowest BCUT2D eigenvalue weighted by Gasteiger charge is -2.14. The van der Waals surface area contributed by atoms with Crippen molar-refractivity contribution in [1.82, 2.24) is 10.3 Å². The smallest absolute Gasteiger partial charge is 0.262 e. The summed E-state index contributed by atoms with van der Waals surface area (Å²) in [4.78, 5) is 16.6. The minimum atomic E-state index is -3.83. The first-order valence-corrected chi connectivity index (χ1v) is 10.3. The molecule has 0 bridgehead atoms. The average Bonchev–Trinajstić information content (AvgIpc) is 2.72. The van der Waals surface area contributed by atoms with Gasteiger partial charge in [-0.15, -0.1) is 0 Å². The fraction of sp³-hybridized carbons (Fsp3) is 0.143. The summed E-state index contributed by atoms with van der Waals surface area (Å²) in [6, 6.07) is 14.7. The zero-order valence-electron chi connectivity index (χ0n) is 16.0. The summed E-state index contributed by atoms with van der Waals surface area (Å²) < 4.78 is 33.1. The predicted octanol–water partition coefficient (Wildman–Crippen LogP) is 3.13. The Bertz CT molecular complexity index is 1100. The molecular weight excluding hydrogens is 390 g/mol. The Morgan fingerprint density at radius 3 is 2.52 bits per heavy atom. The van der Waals surface area contributed by atoms with E-state index in [2.05, 4.69) is 15.0 Å². The summed E-state index contributed by atoms with van der Waals surface area (Å²) in [5, 5.41) is 2.78. The molecule has 0 unspecified atom stereocenters. The van der Waals surface area contributed by atoms with Gasteiger partial charge in [-0.3, -0.25) is 14.5 Å². The van der Waals surface area contributed by atoms with Crippen LogP contribution in [-0.2, 0) is 16.6 Å². The highest BCUT2D eigenvalue weighted by molar-refractivity contribution is 7.92. The van der Waals surface area contributed by atoms with E-state index in [1.54, 1.807) is 42.7 Å². The van der Waals surface area contributed by atoms with Crippen molar-refractivity contribution in [3.8, 4) is 5.75 Å². The number of carbonyl (C=O) groups is 1. The molecule has 1 amide bonds. The Hall–Kier alpha value is -3.39. The lowest BCUT2D eigenvalue weighted by molar-refractivity contribution is 0.0951. The second-order valence-electron chi connectivity index (χ2n) is 6.38. The van der Waals surface area contributed by atoms with Crippen molar-refractivity contribution in [2.24, 2.45) is 0 Å². The second kappa shape index (κ2) is 8.74. The predicted molar refractivity (Wildman–Crippen MR) is 110 cm³/mol. The molecule has 0 atom stereocenters. The molecule has 8 heteroatoms. The monoisotopic (exact) mass is 411 g/mol. The first-order valence-electron chi connectivity index (χ1n) is 8.84. The van der Waals surface area contributed by atoms with E-state index in [0.717, 1.165) is 11.1 Å². The number of anilines is 1. The molecule has 7 nitrogen and oxygen atoms in total. The zero-order valence-corrected chi connectivity index (χ0v) is 16.9. The summed E-state index contributed by atoms with van der Waals surface area (Å²) >= 11 is 0. The Labute approximate surface area is 169 Å². The second-order valence-corrected chi connectivity index (χ2v) is 8.06. The number of aromatic nitrogens is 1. The maximum atomic E-state index is 12.7. The van der Waals surface area contributed by atoms with Crippen LogP contribution in [0.2, 0.25) is 0 Å². The van der Waals surface area contributed by atoms with Crippen molar-refractivity contribution in [2.75, 3.05) is 11.8 Å². The van der Waals surface area contributed by atoms with Gasteiger partial charge in [0.1, 0.15) is 5.75 Å². The molecule has 0 saturated carbocycles. The molecule has 0 aliphatic heterocycles. The van der Waals surface area contributed by atoms with Gasteiger partial charge in [0, 0.05) is 24.5 Å². The van der Waals surface area contributed by atoms with E-state index < -0.39 is 10.0 Å². The van der Waals surface area contributed by atoms with E-state index >= 15 is 0 Å². The highest BCUT2D eigenvalue weighted by Gasteiger charge is 2.18. The van der Waals surface area contributed by atoms with Crippen LogP contribution >= 0.6 is 0 Å². The van der Waals surface area contributed by atoms with Gasteiger partial charge in [0.2, 0.25) is 0 Å². The number of benzene rings is 2. The van der Waals surface area contributed by atoms with Gasteiger partial charge in [-0.1, -0.05) is 23.8 Å².